The number of alkyl halides is 3. The normalized spacial score (nSPS) is 14.6. The smallest absolute Gasteiger partial charge is 0.321 e. The van der Waals surface area contributed by atoms with Crippen molar-refractivity contribution in [3.8, 4) is 0 Å². The summed E-state index contributed by atoms with van der Waals surface area (Å²) in [6.45, 7) is 0.555. The molecule has 2 aromatic rings. The van der Waals surface area contributed by atoms with Crippen LogP contribution in [0.25, 0.3) is 0 Å². The van der Waals surface area contributed by atoms with Gasteiger partial charge in [0.05, 0.1) is 11.3 Å². The zero-order chi connectivity index (χ0) is 18.9. The molecular weight excluding hydrogens is 369 g/mol. The van der Waals surface area contributed by atoms with Crippen molar-refractivity contribution in [3.05, 3.63) is 58.6 Å². The molecule has 3 rings (SSSR count). The maximum absolute atomic E-state index is 13.1. The van der Waals surface area contributed by atoms with E-state index in [9.17, 15) is 22.8 Å². The average molecular weight is 383 g/mol. The maximum atomic E-state index is 13.1. The number of hydrogen-bond donors (Lipinski definition) is 1. The second-order valence-electron chi connectivity index (χ2n) is 5.84. The lowest BCUT2D eigenvalue weighted by Gasteiger charge is -2.17. The zero-order valence-corrected chi connectivity index (χ0v) is 14.2. The lowest BCUT2D eigenvalue weighted by atomic mass is 10.1. The van der Waals surface area contributed by atoms with E-state index in [2.05, 4.69) is 5.32 Å². The summed E-state index contributed by atoms with van der Waals surface area (Å²) >= 11 is 5.63. The van der Waals surface area contributed by atoms with Gasteiger partial charge in [0.15, 0.2) is 0 Å². The fourth-order valence-corrected chi connectivity index (χ4v) is 2.96. The van der Waals surface area contributed by atoms with Crippen molar-refractivity contribution in [3.63, 3.8) is 0 Å². The molecular formula is C18H14ClF3N2O2. The first kappa shape index (κ1) is 18.3. The van der Waals surface area contributed by atoms with Crippen LogP contribution in [0.4, 0.5) is 24.5 Å². The van der Waals surface area contributed by atoms with Gasteiger partial charge in [-0.05, 0) is 42.8 Å². The predicted molar refractivity (Wildman–Crippen MR) is 92.4 cm³/mol. The highest BCUT2D eigenvalue weighted by Crippen LogP contribution is 2.36. The highest BCUT2D eigenvalue weighted by molar-refractivity contribution is 6.30. The quantitative estimate of drug-likeness (QED) is 0.833. The Hall–Kier alpha value is -2.54. The van der Waals surface area contributed by atoms with Crippen molar-refractivity contribution in [1.29, 1.82) is 0 Å². The maximum Gasteiger partial charge on any atom is 0.418 e. The second-order valence-corrected chi connectivity index (χ2v) is 6.28. The minimum atomic E-state index is -4.66. The Labute approximate surface area is 152 Å². The summed E-state index contributed by atoms with van der Waals surface area (Å²) in [5, 5.41) is 2.19. The van der Waals surface area contributed by atoms with Gasteiger partial charge in [0.1, 0.15) is 0 Å². The van der Waals surface area contributed by atoms with Crippen molar-refractivity contribution in [2.45, 2.75) is 19.0 Å². The largest absolute Gasteiger partial charge is 0.418 e. The topological polar surface area (TPSA) is 49.4 Å². The molecule has 0 atom stereocenters. The van der Waals surface area contributed by atoms with E-state index in [4.69, 9.17) is 11.6 Å². The number of benzene rings is 2. The first-order chi connectivity index (χ1) is 12.3. The molecule has 136 valence electrons. The molecule has 0 aliphatic carbocycles. The summed E-state index contributed by atoms with van der Waals surface area (Å²) in [5.41, 5.74) is -0.698. The Morgan fingerprint density at radius 2 is 1.92 bits per heavy atom. The fourth-order valence-electron chi connectivity index (χ4n) is 2.79. The van der Waals surface area contributed by atoms with Crippen LogP contribution in [-0.2, 0) is 11.0 Å². The van der Waals surface area contributed by atoms with Gasteiger partial charge < -0.3 is 10.2 Å². The number of halogens is 4. The van der Waals surface area contributed by atoms with Gasteiger partial charge in [-0.15, -0.1) is 0 Å². The van der Waals surface area contributed by atoms with E-state index in [1.54, 1.807) is 17.0 Å². The Morgan fingerprint density at radius 3 is 2.58 bits per heavy atom. The van der Waals surface area contributed by atoms with E-state index >= 15 is 0 Å². The lowest BCUT2D eigenvalue weighted by molar-refractivity contribution is -0.136. The number of anilines is 2. The third kappa shape index (κ3) is 3.83. The van der Waals surface area contributed by atoms with Crippen molar-refractivity contribution >= 4 is 34.8 Å². The van der Waals surface area contributed by atoms with Gasteiger partial charge in [0.2, 0.25) is 5.91 Å². The van der Waals surface area contributed by atoms with Crippen LogP contribution in [0, 0.1) is 0 Å². The number of carbonyl (C=O) groups is 2. The zero-order valence-electron chi connectivity index (χ0n) is 13.4. The van der Waals surface area contributed by atoms with Gasteiger partial charge in [-0.25, -0.2) is 0 Å². The SMILES string of the molecule is O=C(Nc1ccc(Cl)cc1C(F)(F)F)c1cccc(N2CCCC2=O)c1. The summed E-state index contributed by atoms with van der Waals surface area (Å²) in [4.78, 5) is 25.8. The van der Waals surface area contributed by atoms with E-state index in [-0.39, 0.29) is 22.2 Å². The van der Waals surface area contributed by atoms with Gasteiger partial charge in [0.25, 0.3) is 5.91 Å². The van der Waals surface area contributed by atoms with Crippen LogP contribution in [0.15, 0.2) is 42.5 Å². The highest BCUT2D eigenvalue weighted by Gasteiger charge is 2.34. The van der Waals surface area contributed by atoms with Crippen LogP contribution >= 0.6 is 11.6 Å². The molecule has 0 aromatic heterocycles. The van der Waals surface area contributed by atoms with Crippen LogP contribution < -0.4 is 10.2 Å². The van der Waals surface area contributed by atoms with Crippen molar-refractivity contribution in [1.82, 2.24) is 0 Å². The van der Waals surface area contributed by atoms with Crippen molar-refractivity contribution in [2.24, 2.45) is 0 Å². The summed E-state index contributed by atoms with van der Waals surface area (Å²) < 4.78 is 39.4. The third-order valence-corrected chi connectivity index (χ3v) is 4.26. The van der Waals surface area contributed by atoms with E-state index < -0.39 is 17.6 Å². The molecule has 1 N–H and O–H groups in total. The van der Waals surface area contributed by atoms with Gasteiger partial charge >= 0.3 is 6.18 Å². The van der Waals surface area contributed by atoms with Gasteiger partial charge in [0, 0.05) is 29.2 Å². The van der Waals surface area contributed by atoms with Crippen LogP contribution in [0.3, 0.4) is 0 Å². The van der Waals surface area contributed by atoms with E-state index in [1.807, 2.05) is 0 Å². The molecule has 0 unspecified atom stereocenters. The molecule has 1 saturated heterocycles. The Balaban J connectivity index is 1.86. The van der Waals surface area contributed by atoms with Crippen LogP contribution in [0.1, 0.15) is 28.8 Å². The Bertz CT molecular complexity index is 868. The molecule has 0 spiro atoms. The van der Waals surface area contributed by atoms with Gasteiger partial charge in [-0.3, -0.25) is 9.59 Å². The van der Waals surface area contributed by atoms with E-state index in [0.717, 1.165) is 18.6 Å². The molecule has 1 aliphatic heterocycles. The van der Waals surface area contributed by atoms with Crippen molar-refractivity contribution in [2.75, 3.05) is 16.8 Å². The molecule has 26 heavy (non-hydrogen) atoms. The molecule has 1 aliphatic rings. The number of amides is 2. The minimum absolute atomic E-state index is 0.0420. The van der Waals surface area contributed by atoms with Crippen LogP contribution in [0.5, 0.6) is 0 Å². The molecule has 0 saturated carbocycles. The van der Waals surface area contributed by atoms with E-state index in [1.165, 1.54) is 18.2 Å². The molecule has 2 aromatic carbocycles. The second kappa shape index (κ2) is 6.99. The first-order valence-electron chi connectivity index (χ1n) is 7.84. The summed E-state index contributed by atoms with van der Waals surface area (Å²) in [6, 6.07) is 9.37. The molecule has 8 heteroatoms. The summed E-state index contributed by atoms with van der Waals surface area (Å²) in [5.74, 6) is -0.745. The predicted octanol–water partition coefficient (Wildman–Crippen LogP) is 4.74. The molecule has 0 bridgehead atoms. The van der Waals surface area contributed by atoms with E-state index in [0.29, 0.717) is 18.7 Å². The third-order valence-electron chi connectivity index (χ3n) is 4.03. The highest BCUT2D eigenvalue weighted by atomic mass is 35.5. The number of carbonyl (C=O) groups excluding carboxylic acids is 2. The van der Waals surface area contributed by atoms with Crippen molar-refractivity contribution < 1.29 is 22.8 Å². The molecule has 4 nitrogen and oxygen atoms in total. The number of hydrogen-bond acceptors (Lipinski definition) is 2. The lowest BCUT2D eigenvalue weighted by Crippen LogP contribution is -2.24. The number of rotatable bonds is 3. The van der Waals surface area contributed by atoms with Crippen LogP contribution in [-0.4, -0.2) is 18.4 Å². The van der Waals surface area contributed by atoms with Crippen LogP contribution in [0.2, 0.25) is 5.02 Å². The number of nitrogens with one attached hydrogen (secondary N) is 1. The Kier molecular flexibility index (Phi) is 4.91. The monoisotopic (exact) mass is 382 g/mol. The van der Waals surface area contributed by atoms with Gasteiger partial charge in [-0.2, -0.15) is 13.2 Å². The molecule has 1 heterocycles. The number of nitrogens with zero attached hydrogens (tertiary/aromatic N) is 1. The minimum Gasteiger partial charge on any atom is -0.321 e. The first-order valence-corrected chi connectivity index (χ1v) is 8.22. The standard InChI is InChI=1S/C18H14ClF3N2O2/c19-12-6-7-15(14(10-12)18(20,21)22)23-17(26)11-3-1-4-13(9-11)24-8-2-5-16(24)25/h1,3-4,6-7,9-10H,2,5,8H2,(H,23,26). The summed E-state index contributed by atoms with van der Waals surface area (Å²) in [6.07, 6.45) is -3.48. The van der Waals surface area contributed by atoms with Gasteiger partial charge in [-0.1, -0.05) is 17.7 Å². The molecule has 2 amide bonds. The average Bonchev–Trinajstić information content (AvgIpc) is 3.01. The Morgan fingerprint density at radius 1 is 1.15 bits per heavy atom. The molecule has 0 radical (unpaired) electrons. The fraction of sp³-hybridized carbons (Fsp3) is 0.222. The summed E-state index contributed by atoms with van der Waals surface area (Å²) in [7, 11) is 0. The molecule has 1 fully saturated rings.